The van der Waals surface area contributed by atoms with E-state index in [9.17, 15) is 20.1 Å². The predicted octanol–water partition coefficient (Wildman–Crippen LogP) is 2.21. The van der Waals surface area contributed by atoms with Crippen LogP contribution in [0.25, 0.3) is 0 Å². The molecule has 0 unspecified atom stereocenters. The second-order valence-electron chi connectivity index (χ2n) is 7.45. The number of amides is 1. The second-order valence-corrected chi connectivity index (χ2v) is 7.45. The Kier molecular flexibility index (Phi) is 6.81. The van der Waals surface area contributed by atoms with Gasteiger partial charge in [0.2, 0.25) is 5.91 Å². The van der Waals surface area contributed by atoms with Crippen molar-refractivity contribution in [2.75, 3.05) is 20.3 Å². The summed E-state index contributed by atoms with van der Waals surface area (Å²) < 4.78 is 0. The third-order valence-electron chi connectivity index (χ3n) is 4.83. The van der Waals surface area contributed by atoms with E-state index in [2.05, 4.69) is 0 Å². The van der Waals surface area contributed by atoms with Crippen molar-refractivity contribution in [1.29, 1.82) is 0 Å². The number of hydrogen-bond acceptors (Lipinski definition) is 4. The van der Waals surface area contributed by atoms with Crippen LogP contribution in [0.3, 0.4) is 0 Å². The van der Waals surface area contributed by atoms with Gasteiger partial charge in [-0.05, 0) is 35.4 Å². The molecule has 136 valence electrons. The highest BCUT2D eigenvalue weighted by atomic mass is 16.3. The van der Waals surface area contributed by atoms with E-state index in [0.717, 1.165) is 11.1 Å². The van der Waals surface area contributed by atoms with Gasteiger partial charge in [0.05, 0.1) is 18.8 Å². The number of aromatic hydroxyl groups is 1. The largest absolute Gasteiger partial charge is 0.508 e. The third-order valence-corrected chi connectivity index (χ3v) is 4.83. The Labute approximate surface area is 144 Å². The van der Waals surface area contributed by atoms with Gasteiger partial charge in [-0.2, -0.15) is 0 Å². The number of hydrogen-bond donors (Lipinski definition) is 3. The number of carbonyl (C=O) groups is 1. The molecule has 1 rings (SSSR count). The minimum absolute atomic E-state index is 0.120. The lowest BCUT2D eigenvalue weighted by atomic mass is 9.85. The van der Waals surface area contributed by atoms with Gasteiger partial charge in [0.25, 0.3) is 0 Å². The van der Waals surface area contributed by atoms with Crippen molar-refractivity contribution < 1.29 is 20.1 Å². The maximum absolute atomic E-state index is 12.4. The first-order chi connectivity index (χ1) is 11.1. The molecule has 0 spiro atoms. The molecule has 0 aliphatic heterocycles. The fraction of sp³-hybridized carbons (Fsp3) is 0.632. The van der Waals surface area contributed by atoms with Gasteiger partial charge in [0.1, 0.15) is 5.75 Å². The van der Waals surface area contributed by atoms with Crippen molar-refractivity contribution in [1.82, 2.24) is 4.90 Å². The molecule has 3 N–H and O–H groups in total. The fourth-order valence-corrected chi connectivity index (χ4v) is 2.75. The number of aliphatic hydroxyl groups excluding tert-OH is 2. The normalized spacial score (nSPS) is 12.3. The molecule has 0 aromatic heterocycles. The Morgan fingerprint density at radius 2 is 1.75 bits per heavy atom. The first-order valence-electron chi connectivity index (χ1n) is 8.42. The lowest BCUT2D eigenvalue weighted by Crippen LogP contribution is -2.54. The summed E-state index contributed by atoms with van der Waals surface area (Å²) in [4.78, 5) is 13.9. The van der Waals surface area contributed by atoms with Crippen molar-refractivity contribution >= 4 is 5.91 Å². The highest BCUT2D eigenvalue weighted by molar-refractivity contribution is 5.77. The fourth-order valence-electron chi connectivity index (χ4n) is 2.75. The smallest absolute Gasteiger partial charge is 0.223 e. The molecule has 0 aliphatic rings. The number of aryl methyl sites for hydroxylation is 1. The molecule has 0 saturated carbocycles. The van der Waals surface area contributed by atoms with Gasteiger partial charge in [0, 0.05) is 13.5 Å². The molecule has 5 nitrogen and oxygen atoms in total. The number of carbonyl (C=O) groups excluding carboxylic acids is 1. The molecule has 0 bridgehead atoms. The molecular formula is C19H31NO4. The first-order valence-corrected chi connectivity index (χ1v) is 8.42. The van der Waals surface area contributed by atoms with Crippen LogP contribution in [0.5, 0.6) is 5.75 Å². The van der Waals surface area contributed by atoms with Gasteiger partial charge in [0.15, 0.2) is 0 Å². The Bertz CT molecular complexity index is 551. The Hall–Kier alpha value is -1.59. The third kappa shape index (κ3) is 4.48. The van der Waals surface area contributed by atoms with E-state index in [0.29, 0.717) is 12.8 Å². The van der Waals surface area contributed by atoms with Gasteiger partial charge in [-0.15, -0.1) is 0 Å². The quantitative estimate of drug-likeness (QED) is 0.712. The van der Waals surface area contributed by atoms with Crippen LogP contribution in [0.1, 0.15) is 51.7 Å². The molecule has 0 radical (unpaired) electrons. The summed E-state index contributed by atoms with van der Waals surface area (Å²) in [6.45, 7) is 7.39. The van der Waals surface area contributed by atoms with E-state index in [1.807, 2.05) is 39.8 Å². The van der Waals surface area contributed by atoms with Crippen LogP contribution in [-0.4, -0.2) is 51.9 Å². The van der Waals surface area contributed by atoms with E-state index in [-0.39, 0.29) is 36.7 Å². The van der Waals surface area contributed by atoms with Gasteiger partial charge in [-0.3, -0.25) is 4.79 Å². The summed E-state index contributed by atoms with van der Waals surface area (Å²) in [5.74, 6) is 0.144. The van der Waals surface area contributed by atoms with Gasteiger partial charge >= 0.3 is 0 Å². The van der Waals surface area contributed by atoms with Gasteiger partial charge in [-0.1, -0.05) is 39.8 Å². The van der Waals surface area contributed by atoms with Crippen molar-refractivity contribution in [3.8, 4) is 5.75 Å². The number of likely N-dealkylation sites (N-methyl/N-ethyl adjacent to an activating group) is 1. The summed E-state index contributed by atoms with van der Waals surface area (Å²) in [6.07, 6.45) is 1.31. The lowest BCUT2D eigenvalue weighted by Gasteiger charge is -2.38. The molecule has 0 atom stereocenters. The molecule has 24 heavy (non-hydrogen) atoms. The van der Waals surface area contributed by atoms with Crippen LogP contribution in [-0.2, 0) is 16.6 Å². The summed E-state index contributed by atoms with van der Waals surface area (Å²) in [6, 6.07) is 5.43. The van der Waals surface area contributed by atoms with Crippen LogP contribution in [0.4, 0.5) is 0 Å². The lowest BCUT2D eigenvalue weighted by molar-refractivity contribution is -0.140. The molecule has 1 amide bonds. The number of phenols is 1. The molecule has 1 aromatic carbocycles. The Morgan fingerprint density at radius 1 is 1.17 bits per heavy atom. The highest BCUT2D eigenvalue weighted by Crippen LogP contribution is 2.31. The van der Waals surface area contributed by atoms with Crippen LogP contribution in [0, 0.1) is 0 Å². The van der Waals surface area contributed by atoms with Crippen molar-refractivity contribution in [2.45, 2.75) is 57.9 Å². The number of benzene rings is 1. The van der Waals surface area contributed by atoms with Gasteiger partial charge in [-0.25, -0.2) is 0 Å². The summed E-state index contributed by atoms with van der Waals surface area (Å²) in [7, 11) is 1.62. The number of aliphatic hydroxyl groups is 2. The molecule has 5 heteroatoms. The number of nitrogens with zero attached hydrogens (tertiary/aromatic N) is 1. The minimum atomic E-state index is -0.914. The van der Waals surface area contributed by atoms with Crippen LogP contribution >= 0.6 is 0 Å². The van der Waals surface area contributed by atoms with Crippen molar-refractivity contribution in [3.63, 3.8) is 0 Å². The average Bonchev–Trinajstić information content (AvgIpc) is 2.54. The van der Waals surface area contributed by atoms with Crippen LogP contribution in [0.15, 0.2) is 18.2 Å². The standard InChI is InChI=1S/C19H31NO4/c1-6-19(12-21,13-22)20(5)17(24)10-8-14-7-9-16(23)15(11-14)18(2,3)4/h7,9,11,21-23H,6,8,10,12-13H2,1-5H3. The van der Waals surface area contributed by atoms with E-state index >= 15 is 0 Å². The zero-order chi connectivity index (χ0) is 18.5. The molecule has 1 aromatic rings. The molecular weight excluding hydrogens is 306 g/mol. The van der Waals surface area contributed by atoms with E-state index in [1.54, 1.807) is 13.1 Å². The maximum Gasteiger partial charge on any atom is 0.223 e. The predicted molar refractivity (Wildman–Crippen MR) is 95.1 cm³/mol. The number of rotatable bonds is 7. The van der Waals surface area contributed by atoms with Crippen LogP contribution in [0.2, 0.25) is 0 Å². The maximum atomic E-state index is 12.4. The Balaban J connectivity index is 2.85. The van der Waals surface area contributed by atoms with E-state index < -0.39 is 5.54 Å². The molecule has 0 saturated heterocycles. The van der Waals surface area contributed by atoms with Crippen LogP contribution < -0.4 is 0 Å². The summed E-state index contributed by atoms with van der Waals surface area (Å²) in [5, 5.41) is 29.1. The molecule has 0 fully saturated rings. The Morgan fingerprint density at radius 3 is 2.21 bits per heavy atom. The zero-order valence-corrected chi connectivity index (χ0v) is 15.5. The van der Waals surface area contributed by atoms with E-state index in [1.165, 1.54) is 4.90 Å². The highest BCUT2D eigenvalue weighted by Gasteiger charge is 2.34. The average molecular weight is 337 g/mol. The zero-order valence-electron chi connectivity index (χ0n) is 15.5. The first kappa shape index (κ1) is 20.5. The summed E-state index contributed by atoms with van der Waals surface area (Å²) in [5.41, 5.74) is 0.748. The second kappa shape index (κ2) is 7.99. The molecule has 0 aliphatic carbocycles. The minimum Gasteiger partial charge on any atom is -0.508 e. The van der Waals surface area contributed by atoms with Gasteiger partial charge < -0.3 is 20.2 Å². The number of phenolic OH excluding ortho intramolecular Hbond substituents is 1. The van der Waals surface area contributed by atoms with E-state index in [4.69, 9.17) is 0 Å². The molecule has 0 heterocycles. The SMILES string of the molecule is CCC(CO)(CO)N(C)C(=O)CCc1ccc(O)c(C(C)(C)C)c1. The monoisotopic (exact) mass is 337 g/mol. The summed E-state index contributed by atoms with van der Waals surface area (Å²) >= 11 is 0. The van der Waals surface area contributed by atoms with Crippen molar-refractivity contribution in [2.24, 2.45) is 0 Å². The topological polar surface area (TPSA) is 81.0 Å². The van der Waals surface area contributed by atoms with Crippen molar-refractivity contribution in [3.05, 3.63) is 29.3 Å².